The Kier molecular flexibility index (Phi) is 2.56. The molecular formula is C12H14N2O. The first-order valence-corrected chi connectivity index (χ1v) is 4.91. The Balaban J connectivity index is 2.77. The Hall–Kier alpha value is -1.61. The van der Waals surface area contributed by atoms with Gasteiger partial charge >= 0.3 is 0 Å². The van der Waals surface area contributed by atoms with Crippen LogP contribution in [0.5, 0.6) is 5.88 Å². The number of pyridine rings is 1. The second-order valence-corrected chi connectivity index (χ2v) is 3.56. The van der Waals surface area contributed by atoms with Gasteiger partial charge in [-0.25, -0.2) is 4.98 Å². The Morgan fingerprint density at radius 3 is 2.53 bits per heavy atom. The van der Waals surface area contributed by atoms with Crippen molar-refractivity contribution < 1.29 is 4.74 Å². The molecule has 0 aliphatic carbocycles. The minimum atomic E-state index is -0.0201. The third-order valence-electron chi connectivity index (χ3n) is 2.47. The number of ether oxygens (including phenoxy) is 1. The fraction of sp³-hybridized carbons (Fsp3) is 0.250. The van der Waals surface area contributed by atoms with Crippen LogP contribution in [0.15, 0.2) is 30.5 Å². The molecule has 3 nitrogen and oxygen atoms in total. The van der Waals surface area contributed by atoms with Crippen LogP contribution in [0.1, 0.15) is 18.5 Å². The Morgan fingerprint density at radius 1 is 1.27 bits per heavy atom. The van der Waals surface area contributed by atoms with Crippen molar-refractivity contribution in [2.45, 2.75) is 13.0 Å². The van der Waals surface area contributed by atoms with Gasteiger partial charge in [-0.3, -0.25) is 0 Å². The highest BCUT2D eigenvalue weighted by Crippen LogP contribution is 2.28. The van der Waals surface area contributed by atoms with Crippen LogP contribution in [0, 0.1) is 0 Å². The maximum Gasteiger partial charge on any atom is 0.221 e. The van der Waals surface area contributed by atoms with Crippen LogP contribution in [0.3, 0.4) is 0 Å². The Bertz CT molecular complexity index is 480. The Morgan fingerprint density at radius 2 is 1.93 bits per heavy atom. The molecule has 1 aromatic carbocycles. The maximum absolute atomic E-state index is 5.89. The van der Waals surface area contributed by atoms with Crippen molar-refractivity contribution in [1.82, 2.24) is 4.98 Å². The second-order valence-electron chi connectivity index (χ2n) is 3.56. The molecule has 0 amide bonds. The summed E-state index contributed by atoms with van der Waals surface area (Å²) in [4.78, 5) is 4.24. The molecule has 0 aliphatic heterocycles. The minimum absolute atomic E-state index is 0.0201. The number of hydrogen-bond acceptors (Lipinski definition) is 3. The van der Waals surface area contributed by atoms with E-state index in [0.29, 0.717) is 5.88 Å². The average Bonchev–Trinajstić information content (AvgIpc) is 2.27. The second kappa shape index (κ2) is 3.87. The number of benzene rings is 1. The molecule has 15 heavy (non-hydrogen) atoms. The lowest BCUT2D eigenvalue weighted by molar-refractivity contribution is 0.403. The Labute approximate surface area is 88.9 Å². The molecule has 0 bridgehead atoms. The van der Waals surface area contributed by atoms with Gasteiger partial charge in [0.05, 0.1) is 7.11 Å². The number of nitrogens with two attached hydrogens (primary N) is 1. The van der Waals surface area contributed by atoms with E-state index in [1.54, 1.807) is 13.3 Å². The zero-order chi connectivity index (χ0) is 10.8. The third-order valence-corrected chi connectivity index (χ3v) is 2.47. The molecule has 0 saturated carbocycles. The summed E-state index contributed by atoms with van der Waals surface area (Å²) in [5.74, 6) is 0.648. The van der Waals surface area contributed by atoms with E-state index in [9.17, 15) is 0 Å². The molecule has 3 heteroatoms. The van der Waals surface area contributed by atoms with Crippen LogP contribution in [0.2, 0.25) is 0 Å². The monoisotopic (exact) mass is 202 g/mol. The van der Waals surface area contributed by atoms with Gasteiger partial charge in [-0.1, -0.05) is 18.2 Å². The largest absolute Gasteiger partial charge is 0.481 e. The van der Waals surface area contributed by atoms with Crippen LogP contribution in [0.25, 0.3) is 10.8 Å². The first kappa shape index (κ1) is 9.93. The number of fused-ring (bicyclic) bond motifs is 1. The maximum atomic E-state index is 5.89. The lowest BCUT2D eigenvalue weighted by Gasteiger charge is -2.11. The first-order chi connectivity index (χ1) is 7.24. The molecule has 1 atom stereocenters. The summed E-state index contributed by atoms with van der Waals surface area (Å²) in [6.45, 7) is 1.95. The molecule has 0 aliphatic rings. The molecule has 0 spiro atoms. The normalized spacial score (nSPS) is 12.7. The van der Waals surface area contributed by atoms with Gasteiger partial charge in [0, 0.05) is 17.6 Å². The fourth-order valence-corrected chi connectivity index (χ4v) is 1.71. The molecule has 1 aromatic heterocycles. The first-order valence-electron chi connectivity index (χ1n) is 4.91. The van der Waals surface area contributed by atoms with E-state index < -0.39 is 0 Å². The zero-order valence-corrected chi connectivity index (χ0v) is 8.90. The van der Waals surface area contributed by atoms with Crippen LogP contribution >= 0.6 is 0 Å². The quantitative estimate of drug-likeness (QED) is 0.812. The van der Waals surface area contributed by atoms with Crippen molar-refractivity contribution in [2.75, 3.05) is 7.11 Å². The van der Waals surface area contributed by atoms with Crippen molar-refractivity contribution in [1.29, 1.82) is 0 Å². The molecule has 1 heterocycles. The van der Waals surface area contributed by atoms with E-state index in [0.717, 1.165) is 16.3 Å². The van der Waals surface area contributed by atoms with Gasteiger partial charge in [-0.15, -0.1) is 0 Å². The van der Waals surface area contributed by atoms with Crippen molar-refractivity contribution in [3.05, 3.63) is 36.0 Å². The fourth-order valence-electron chi connectivity index (χ4n) is 1.71. The van der Waals surface area contributed by atoms with Gasteiger partial charge in [-0.2, -0.15) is 0 Å². The predicted molar refractivity (Wildman–Crippen MR) is 60.9 cm³/mol. The number of methoxy groups -OCH3 is 1. The summed E-state index contributed by atoms with van der Waals surface area (Å²) < 4.78 is 5.21. The van der Waals surface area contributed by atoms with Gasteiger partial charge in [0.25, 0.3) is 0 Å². The van der Waals surface area contributed by atoms with Crippen LogP contribution < -0.4 is 10.5 Å². The summed E-state index contributed by atoms with van der Waals surface area (Å²) in [6.07, 6.45) is 1.78. The topological polar surface area (TPSA) is 48.1 Å². The van der Waals surface area contributed by atoms with Crippen molar-refractivity contribution >= 4 is 10.8 Å². The van der Waals surface area contributed by atoms with Crippen LogP contribution in [0.4, 0.5) is 0 Å². The average molecular weight is 202 g/mol. The summed E-state index contributed by atoms with van der Waals surface area (Å²) >= 11 is 0. The molecule has 78 valence electrons. The highest BCUT2D eigenvalue weighted by Gasteiger charge is 2.09. The summed E-state index contributed by atoms with van der Waals surface area (Å²) in [7, 11) is 1.63. The van der Waals surface area contributed by atoms with Gasteiger partial charge in [0.15, 0.2) is 0 Å². The molecule has 2 rings (SSSR count). The highest BCUT2D eigenvalue weighted by atomic mass is 16.5. The molecule has 0 radical (unpaired) electrons. The molecular weight excluding hydrogens is 188 g/mol. The summed E-state index contributed by atoms with van der Waals surface area (Å²) in [6, 6.07) is 7.98. The summed E-state index contributed by atoms with van der Waals surface area (Å²) in [5.41, 5.74) is 6.94. The molecule has 0 unspecified atom stereocenters. The standard InChI is InChI=1S/C12H14N2O/c1-8(13)11-7-14-12(15-2)10-6-4-3-5-9(10)11/h3-8H,13H2,1-2H3/t8-/m1/s1. The van der Waals surface area contributed by atoms with Crippen molar-refractivity contribution in [3.63, 3.8) is 0 Å². The molecule has 0 saturated heterocycles. The van der Waals surface area contributed by atoms with E-state index in [-0.39, 0.29) is 6.04 Å². The van der Waals surface area contributed by atoms with Gasteiger partial charge < -0.3 is 10.5 Å². The number of hydrogen-bond donors (Lipinski definition) is 1. The zero-order valence-electron chi connectivity index (χ0n) is 8.90. The highest BCUT2D eigenvalue weighted by molar-refractivity contribution is 5.89. The molecule has 2 N–H and O–H groups in total. The van der Waals surface area contributed by atoms with E-state index in [1.165, 1.54) is 0 Å². The minimum Gasteiger partial charge on any atom is -0.481 e. The smallest absolute Gasteiger partial charge is 0.221 e. The number of rotatable bonds is 2. The lowest BCUT2D eigenvalue weighted by Crippen LogP contribution is -2.06. The summed E-state index contributed by atoms with van der Waals surface area (Å²) in [5, 5.41) is 2.12. The van der Waals surface area contributed by atoms with Gasteiger partial charge in [0.2, 0.25) is 5.88 Å². The van der Waals surface area contributed by atoms with E-state index >= 15 is 0 Å². The van der Waals surface area contributed by atoms with Crippen LogP contribution in [-0.2, 0) is 0 Å². The molecule has 2 aromatic rings. The van der Waals surface area contributed by atoms with Crippen LogP contribution in [-0.4, -0.2) is 12.1 Å². The van der Waals surface area contributed by atoms with E-state index in [4.69, 9.17) is 10.5 Å². The SMILES string of the molecule is COc1ncc([C@@H](C)N)c2ccccc12. The van der Waals surface area contributed by atoms with Crippen molar-refractivity contribution in [2.24, 2.45) is 5.73 Å². The predicted octanol–water partition coefficient (Wildman–Crippen LogP) is 2.26. The van der Waals surface area contributed by atoms with E-state index in [2.05, 4.69) is 4.98 Å². The third kappa shape index (κ3) is 1.66. The molecule has 0 fully saturated rings. The van der Waals surface area contributed by atoms with E-state index in [1.807, 2.05) is 31.2 Å². The lowest BCUT2D eigenvalue weighted by atomic mass is 10.0. The number of nitrogens with zero attached hydrogens (tertiary/aromatic N) is 1. The van der Waals surface area contributed by atoms with Gasteiger partial charge in [0.1, 0.15) is 0 Å². The number of aromatic nitrogens is 1. The van der Waals surface area contributed by atoms with Crippen molar-refractivity contribution in [3.8, 4) is 5.88 Å². The van der Waals surface area contributed by atoms with Gasteiger partial charge in [-0.05, 0) is 23.9 Å².